The first kappa shape index (κ1) is 22.0. The highest BCUT2D eigenvalue weighted by Crippen LogP contribution is 2.37. The van der Waals surface area contributed by atoms with E-state index in [1.807, 2.05) is 61.5 Å². The number of ether oxygens (including phenoxy) is 4. The highest BCUT2D eigenvalue weighted by atomic mass is 35.5. The van der Waals surface area contributed by atoms with Crippen molar-refractivity contribution in [1.29, 1.82) is 0 Å². The van der Waals surface area contributed by atoms with Crippen LogP contribution in [0.5, 0.6) is 11.5 Å². The highest BCUT2D eigenvalue weighted by Gasteiger charge is 2.24. The molecule has 1 aliphatic rings. The average molecular weight is 459 g/mol. The van der Waals surface area contributed by atoms with Crippen LogP contribution in [0.15, 0.2) is 66.7 Å². The van der Waals surface area contributed by atoms with Crippen LogP contribution in [0, 0.1) is 0 Å². The fourth-order valence-electron chi connectivity index (χ4n) is 3.47. The Balaban J connectivity index is 1.59. The minimum Gasteiger partial charge on any atom is -0.486 e. The zero-order valence-corrected chi connectivity index (χ0v) is 18.7. The van der Waals surface area contributed by atoms with Crippen LogP contribution in [0.25, 0.3) is 0 Å². The minimum absolute atomic E-state index is 0.135. The molecule has 31 heavy (non-hydrogen) atoms. The number of hydrogen-bond acceptors (Lipinski definition) is 4. The van der Waals surface area contributed by atoms with E-state index >= 15 is 0 Å². The Hall–Kier alpha value is -2.24. The van der Waals surface area contributed by atoms with Crippen molar-refractivity contribution in [3.63, 3.8) is 0 Å². The fourth-order valence-corrected chi connectivity index (χ4v) is 3.83. The van der Waals surface area contributed by atoms with Crippen LogP contribution >= 0.6 is 23.2 Å². The maximum Gasteiger partial charge on any atom is 0.162 e. The lowest BCUT2D eigenvalue weighted by atomic mass is 10.0. The Morgan fingerprint density at radius 2 is 1.81 bits per heavy atom. The first-order valence-electron chi connectivity index (χ1n) is 10.3. The summed E-state index contributed by atoms with van der Waals surface area (Å²) in [6, 6.07) is 21.3. The Bertz CT molecular complexity index is 1010. The molecule has 3 aromatic rings. The summed E-state index contributed by atoms with van der Waals surface area (Å²) in [7, 11) is 0. The molecule has 0 saturated carbocycles. The Morgan fingerprint density at radius 3 is 2.61 bits per heavy atom. The van der Waals surface area contributed by atoms with E-state index in [0.29, 0.717) is 42.2 Å². The van der Waals surface area contributed by atoms with Gasteiger partial charge in [-0.2, -0.15) is 0 Å². The number of rotatable bonds is 8. The van der Waals surface area contributed by atoms with Crippen molar-refractivity contribution in [3.05, 3.63) is 93.5 Å². The molecule has 0 N–H and O–H groups in total. The molecule has 3 aromatic carbocycles. The highest BCUT2D eigenvalue weighted by molar-refractivity contribution is 6.33. The van der Waals surface area contributed by atoms with Crippen molar-refractivity contribution in [2.75, 3.05) is 19.8 Å². The van der Waals surface area contributed by atoms with Crippen LogP contribution in [0.3, 0.4) is 0 Å². The molecule has 0 bridgehead atoms. The van der Waals surface area contributed by atoms with Gasteiger partial charge < -0.3 is 18.9 Å². The SMILES string of the molecule is CCOCC1COc2ccc(C(OCc3cc(Cl)ccc3Cl)c3ccccc3)cc2O1. The Labute approximate surface area is 192 Å². The summed E-state index contributed by atoms with van der Waals surface area (Å²) in [6.45, 7) is 3.89. The minimum atomic E-state index is -0.308. The van der Waals surface area contributed by atoms with Gasteiger partial charge in [0.25, 0.3) is 0 Å². The molecular formula is C25H24Cl2O4. The second-order valence-electron chi connectivity index (χ2n) is 7.25. The van der Waals surface area contributed by atoms with Crippen molar-refractivity contribution in [2.24, 2.45) is 0 Å². The number of fused-ring (bicyclic) bond motifs is 1. The molecule has 2 unspecified atom stereocenters. The monoisotopic (exact) mass is 458 g/mol. The molecule has 6 heteroatoms. The van der Waals surface area contributed by atoms with Crippen molar-refractivity contribution in [1.82, 2.24) is 0 Å². The molecule has 4 nitrogen and oxygen atoms in total. The van der Waals surface area contributed by atoms with Gasteiger partial charge in [-0.3, -0.25) is 0 Å². The second-order valence-corrected chi connectivity index (χ2v) is 8.10. The van der Waals surface area contributed by atoms with Crippen LogP contribution in [-0.4, -0.2) is 25.9 Å². The normalized spacial score (nSPS) is 16.2. The molecule has 1 heterocycles. The number of halogens is 2. The summed E-state index contributed by atoms with van der Waals surface area (Å²) in [5, 5.41) is 1.25. The zero-order valence-electron chi connectivity index (χ0n) is 17.2. The van der Waals surface area contributed by atoms with E-state index in [1.54, 1.807) is 12.1 Å². The maximum atomic E-state index is 6.35. The predicted molar refractivity (Wildman–Crippen MR) is 122 cm³/mol. The van der Waals surface area contributed by atoms with Gasteiger partial charge in [0.15, 0.2) is 17.6 Å². The molecule has 1 aliphatic heterocycles. The first-order valence-corrected chi connectivity index (χ1v) is 11.0. The molecule has 0 aromatic heterocycles. The van der Waals surface area contributed by atoms with E-state index in [0.717, 1.165) is 22.4 Å². The largest absolute Gasteiger partial charge is 0.486 e. The summed E-state index contributed by atoms with van der Waals surface area (Å²) < 4.78 is 23.8. The van der Waals surface area contributed by atoms with Gasteiger partial charge in [-0.05, 0) is 53.9 Å². The summed E-state index contributed by atoms with van der Waals surface area (Å²) in [5.41, 5.74) is 2.83. The maximum absolute atomic E-state index is 6.35. The topological polar surface area (TPSA) is 36.9 Å². The van der Waals surface area contributed by atoms with E-state index in [1.165, 1.54) is 0 Å². The lowest BCUT2D eigenvalue weighted by Gasteiger charge is -2.28. The van der Waals surface area contributed by atoms with Gasteiger partial charge in [-0.25, -0.2) is 0 Å². The molecule has 4 rings (SSSR count). The van der Waals surface area contributed by atoms with Gasteiger partial charge in [0.1, 0.15) is 12.7 Å². The second kappa shape index (κ2) is 10.4. The van der Waals surface area contributed by atoms with Crippen LogP contribution in [0.4, 0.5) is 0 Å². The molecule has 0 spiro atoms. The van der Waals surface area contributed by atoms with Gasteiger partial charge in [-0.1, -0.05) is 59.6 Å². The summed E-state index contributed by atoms with van der Waals surface area (Å²) in [6.07, 6.45) is -0.443. The van der Waals surface area contributed by atoms with Gasteiger partial charge in [0, 0.05) is 16.7 Å². The van der Waals surface area contributed by atoms with E-state index in [2.05, 4.69) is 0 Å². The van der Waals surface area contributed by atoms with Crippen molar-refractivity contribution >= 4 is 23.2 Å². The molecule has 2 atom stereocenters. The number of hydrogen-bond donors (Lipinski definition) is 0. The van der Waals surface area contributed by atoms with Gasteiger partial charge >= 0.3 is 0 Å². The van der Waals surface area contributed by atoms with Crippen molar-refractivity contribution in [3.8, 4) is 11.5 Å². The van der Waals surface area contributed by atoms with Crippen LogP contribution in [-0.2, 0) is 16.1 Å². The van der Waals surface area contributed by atoms with Crippen molar-refractivity contribution < 1.29 is 18.9 Å². The van der Waals surface area contributed by atoms with E-state index < -0.39 is 0 Å². The molecular weight excluding hydrogens is 435 g/mol. The van der Waals surface area contributed by atoms with Crippen LogP contribution in [0.2, 0.25) is 10.0 Å². The smallest absolute Gasteiger partial charge is 0.162 e. The summed E-state index contributed by atoms with van der Waals surface area (Å²) >= 11 is 12.5. The third kappa shape index (κ3) is 5.52. The molecule has 0 radical (unpaired) electrons. The quantitative estimate of drug-likeness (QED) is 0.387. The lowest BCUT2D eigenvalue weighted by Crippen LogP contribution is -2.33. The van der Waals surface area contributed by atoms with Crippen LogP contribution < -0.4 is 9.47 Å². The van der Waals surface area contributed by atoms with Gasteiger partial charge in [0.05, 0.1) is 13.2 Å². The molecule has 162 valence electrons. The average Bonchev–Trinajstić information content (AvgIpc) is 2.80. The Morgan fingerprint density at radius 1 is 0.968 bits per heavy atom. The molecule has 0 amide bonds. The Kier molecular flexibility index (Phi) is 7.36. The van der Waals surface area contributed by atoms with Crippen LogP contribution in [0.1, 0.15) is 29.7 Å². The first-order chi connectivity index (χ1) is 15.1. The predicted octanol–water partition coefficient (Wildman–Crippen LogP) is 6.48. The standard InChI is InChI=1S/C25H24Cl2O4/c1-2-28-15-21-16-29-23-11-8-18(13-24(23)31-21)25(17-6-4-3-5-7-17)30-14-19-12-20(26)9-10-22(19)27/h3-13,21,25H,2,14-16H2,1H3. The third-order valence-electron chi connectivity index (χ3n) is 5.01. The van der Waals surface area contributed by atoms with Gasteiger partial charge in [-0.15, -0.1) is 0 Å². The summed E-state index contributed by atoms with van der Waals surface area (Å²) in [4.78, 5) is 0. The van der Waals surface area contributed by atoms with E-state index in [9.17, 15) is 0 Å². The zero-order chi connectivity index (χ0) is 21.6. The molecule has 0 saturated heterocycles. The summed E-state index contributed by atoms with van der Waals surface area (Å²) in [5.74, 6) is 1.42. The van der Waals surface area contributed by atoms with E-state index in [-0.39, 0.29) is 12.2 Å². The van der Waals surface area contributed by atoms with Crippen molar-refractivity contribution in [2.45, 2.75) is 25.7 Å². The molecule has 0 aliphatic carbocycles. The molecule has 0 fully saturated rings. The third-order valence-corrected chi connectivity index (χ3v) is 5.62. The number of benzene rings is 3. The van der Waals surface area contributed by atoms with Gasteiger partial charge in [0.2, 0.25) is 0 Å². The fraction of sp³-hybridized carbons (Fsp3) is 0.280. The van der Waals surface area contributed by atoms with E-state index in [4.69, 9.17) is 42.1 Å². The lowest BCUT2D eigenvalue weighted by molar-refractivity contribution is 0.0122.